The van der Waals surface area contributed by atoms with E-state index in [0.29, 0.717) is 13.2 Å². The average molecular weight is 162 g/mol. The van der Waals surface area contributed by atoms with Gasteiger partial charge in [0.15, 0.2) is 0 Å². The lowest BCUT2D eigenvalue weighted by Crippen LogP contribution is -2.04. The van der Waals surface area contributed by atoms with Gasteiger partial charge in [-0.2, -0.15) is 0 Å². The third-order valence-electron chi connectivity index (χ3n) is 1.32. The molecule has 0 spiro atoms. The molecule has 0 aromatic rings. The third kappa shape index (κ3) is 9.88. The molecular weight excluding hydrogens is 144 g/mol. The van der Waals surface area contributed by atoms with Crippen molar-refractivity contribution >= 4 is 0 Å². The Hall–Kier alpha value is -0.120. The van der Waals surface area contributed by atoms with Crippen LogP contribution in [0.3, 0.4) is 0 Å². The summed E-state index contributed by atoms with van der Waals surface area (Å²) >= 11 is 0. The highest BCUT2D eigenvalue weighted by Gasteiger charge is 1.88. The zero-order valence-electron chi connectivity index (χ0n) is 7.47. The summed E-state index contributed by atoms with van der Waals surface area (Å²) in [5.74, 6) is 0. The van der Waals surface area contributed by atoms with Crippen molar-refractivity contribution in [3.63, 3.8) is 0 Å². The highest BCUT2D eigenvalue weighted by molar-refractivity contribution is 4.35. The first kappa shape index (κ1) is 10.9. The summed E-state index contributed by atoms with van der Waals surface area (Å²) in [6, 6.07) is 0. The van der Waals surface area contributed by atoms with E-state index in [2.05, 4.69) is 16.7 Å². The van der Waals surface area contributed by atoms with Crippen molar-refractivity contribution in [1.29, 1.82) is 0 Å². The molecule has 0 atom stereocenters. The van der Waals surface area contributed by atoms with E-state index in [1.807, 2.05) is 0 Å². The summed E-state index contributed by atoms with van der Waals surface area (Å²) in [6.07, 6.45) is 3.62. The maximum Gasteiger partial charge on any atom is 0.106 e. The Bertz CT molecular complexity index is 58.4. The van der Waals surface area contributed by atoms with Crippen molar-refractivity contribution in [3.8, 4) is 0 Å². The van der Waals surface area contributed by atoms with Gasteiger partial charge < -0.3 is 4.74 Å². The first-order valence-electron chi connectivity index (χ1n) is 4.15. The van der Waals surface area contributed by atoms with E-state index in [9.17, 15) is 0 Å². The second-order valence-corrected chi connectivity index (χ2v) is 2.31. The first-order chi connectivity index (χ1) is 5.41. The van der Waals surface area contributed by atoms with Crippen LogP contribution >= 0.6 is 0 Å². The quantitative estimate of drug-likeness (QED) is 0.309. The molecule has 0 aromatic heterocycles. The monoisotopic (exact) mass is 162 g/mol. The normalized spacial score (nSPS) is 10.4. The molecule has 0 rings (SSSR count). The van der Waals surface area contributed by atoms with Gasteiger partial charge in [-0.15, -0.1) is 0 Å². The van der Waals surface area contributed by atoms with Gasteiger partial charge in [-0.05, 0) is 6.42 Å². The molecule has 0 aliphatic heterocycles. The lowest BCUT2D eigenvalue weighted by atomic mass is 10.3. The maximum absolute atomic E-state index is 5.23. The molecule has 0 bridgehead atoms. The van der Waals surface area contributed by atoms with Crippen LogP contribution in [0.4, 0.5) is 0 Å². The maximum atomic E-state index is 5.23. The highest BCUT2D eigenvalue weighted by Crippen LogP contribution is 1.93. The Morgan fingerprint density at radius 1 is 1.00 bits per heavy atom. The smallest absolute Gasteiger partial charge is 0.106 e. The number of rotatable bonds is 8. The number of unbranched alkanes of at least 4 members (excludes halogenated alkanes) is 2. The minimum absolute atomic E-state index is 0.516. The molecule has 0 N–H and O–H groups in total. The van der Waals surface area contributed by atoms with E-state index in [4.69, 9.17) is 4.74 Å². The zero-order valence-corrected chi connectivity index (χ0v) is 7.47. The van der Waals surface area contributed by atoms with Crippen molar-refractivity contribution in [2.45, 2.75) is 26.2 Å². The van der Waals surface area contributed by atoms with Gasteiger partial charge in [0, 0.05) is 6.61 Å². The van der Waals surface area contributed by atoms with E-state index < -0.39 is 0 Å². The molecule has 3 nitrogen and oxygen atoms in total. The van der Waals surface area contributed by atoms with Crippen molar-refractivity contribution < 1.29 is 14.5 Å². The van der Waals surface area contributed by atoms with Gasteiger partial charge in [0.05, 0.1) is 13.7 Å². The van der Waals surface area contributed by atoms with Crippen molar-refractivity contribution in [2.24, 2.45) is 0 Å². The topological polar surface area (TPSA) is 27.7 Å². The molecule has 68 valence electrons. The average Bonchev–Trinajstić information content (AvgIpc) is 2.03. The van der Waals surface area contributed by atoms with Crippen LogP contribution in [0, 0.1) is 0 Å². The first-order valence-corrected chi connectivity index (χ1v) is 4.15. The van der Waals surface area contributed by atoms with Crippen LogP contribution in [-0.2, 0) is 14.5 Å². The Morgan fingerprint density at radius 2 is 1.82 bits per heavy atom. The lowest BCUT2D eigenvalue weighted by molar-refractivity contribution is -0.277. The van der Waals surface area contributed by atoms with Crippen LogP contribution < -0.4 is 0 Å². The minimum Gasteiger partial charge on any atom is -0.379 e. The summed E-state index contributed by atoms with van der Waals surface area (Å²) in [6.45, 7) is 4.15. The second kappa shape index (κ2) is 9.88. The summed E-state index contributed by atoms with van der Waals surface area (Å²) in [5, 5.41) is 0. The Kier molecular flexibility index (Phi) is 9.77. The molecule has 0 saturated carbocycles. The zero-order chi connectivity index (χ0) is 8.36. The van der Waals surface area contributed by atoms with E-state index in [1.165, 1.54) is 20.0 Å². The Morgan fingerprint density at radius 3 is 2.45 bits per heavy atom. The van der Waals surface area contributed by atoms with Crippen LogP contribution in [-0.4, -0.2) is 26.9 Å². The van der Waals surface area contributed by atoms with Gasteiger partial charge in [-0.25, -0.2) is 9.78 Å². The summed E-state index contributed by atoms with van der Waals surface area (Å²) < 4.78 is 5.23. The Balaban J connectivity index is 2.69. The fourth-order valence-corrected chi connectivity index (χ4v) is 0.732. The predicted molar refractivity (Wildman–Crippen MR) is 43.3 cm³/mol. The SMILES string of the molecule is CCCCCOCCOOC. The minimum atomic E-state index is 0.516. The van der Waals surface area contributed by atoms with E-state index in [0.717, 1.165) is 13.0 Å². The molecule has 0 heterocycles. The Labute approximate surface area is 68.6 Å². The molecule has 0 amide bonds. The molecule has 0 aromatic carbocycles. The predicted octanol–water partition coefficient (Wildman–Crippen LogP) is 1.77. The molecule has 0 aliphatic carbocycles. The van der Waals surface area contributed by atoms with Gasteiger partial charge in [0.2, 0.25) is 0 Å². The van der Waals surface area contributed by atoms with Crippen LogP contribution in [0.1, 0.15) is 26.2 Å². The largest absolute Gasteiger partial charge is 0.379 e. The summed E-state index contributed by atoms with van der Waals surface area (Å²) in [5.41, 5.74) is 0. The van der Waals surface area contributed by atoms with Crippen LogP contribution in [0.5, 0.6) is 0 Å². The fraction of sp³-hybridized carbons (Fsp3) is 1.00. The molecule has 3 heteroatoms. The summed E-state index contributed by atoms with van der Waals surface area (Å²) in [4.78, 5) is 9.00. The standard InChI is InChI=1S/C8H18O3/c1-3-4-5-6-10-7-8-11-9-2/h3-8H2,1-2H3. The molecule has 0 fully saturated rings. The van der Waals surface area contributed by atoms with Crippen LogP contribution in [0.2, 0.25) is 0 Å². The second-order valence-electron chi connectivity index (χ2n) is 2.31. The van der Waals surface area contributed by atoms with E-state index in [-0.39, 0.29) is 0 Å². The molecule has 0 radical (unpaired) electrons. The van der Waals surface area contributed by atoms with Crippen LogP contribution in [0.15, 0.2) is 0 Å². The summed E-state index contributed by atoms with van der Waals surface area (Å²) in [7, 11) is 1.50. The van der Waals surface area contributed by atoms with Crippen molar-refractivity contribution in [1.82, 2.24) is 0 Å². The molecular formula is C8H18O3. The number of hydrogen-bond acceptors (Lipinski definition) is 3. The molecule has 0 saturated heterocycles. The van der Waals surface area contributed by atoms with Gasteiger partial charge in [0.1, 0.15) is 6.61 Å². The van der Waals surface area contributed by atoms with Gasteiger partial charge >= 0.3 is 0 Å². The number of ether oxygens (including phenoxy) is 1. The lowest BCUT2D eigenvalue weighted by Gasteiger charge is -2.02. The molecule has 0 unspecified atom stereocenters. The van der Waals surface area contributed by atoms with Gasteiger partial charge in [-0.1, -0.05) is 19.8 Å². The third-order valence-corrected chi connectivity index (χ3v) is 1.32. The highest BCUT2D eigenvalue weighted by atomic mass is 17.2. The molecule has 11 heavy (non-hydrogen) atoms. The van der Waals surface area contributed by atoms with Crippen LogP contribution in [0.25, 0.3) is 0 Å². The van der Waals surface area contributed by atoms with Gasteiger partial charge in [0.25, 0.3) is 0 Å². The number of hydrogen-bond donors (Lipinski definition) is 0. The van der Waals surface area contributed by atoms with E-state index in [1.54, 1.807) is 0 Å². The fourth-order valence-electron chi connectivity index (χ4n) is 0.732. The molecule has 0 aliphatic rings. The van der Waals surface area contributed by atoms with Crippen molar-refractivity contribution in [3.05, 3.63) is 0 Å². The van der Waals surface area contributed by atoms with Gasteiger partial charge in [-0.3, -0.25) is 0 Å². The van der Waals surface area contributed by atoms with Crippen molar-refractivity contribution in [2.75, 3.05) is 26.9 Å². The van der Waals surface area contributed by atoms with E-state index >= 15 is 0 Å².